The first-order valence-electron chi connectivity index (χ1n) is 8.65. The second-order valence-electron chi connectivity index (χ2n) is 6.92. The van der Waals surface area contributed by atoms with E-state index in [0.29, 0.717) is 22.5 Å². The van der Waals surface area contributed by atoms with Crippen LogP contribution in [0, 0.1) is 20.8 Å². The zero-order valence-corrected chi connectivity index (χ0v) is 15.8. The molecule has 1 atom stereocenters. The number of nitrogens with zero attached hydrogens (tertiary/aromatic N) is 3. The number of aromatic nitrogens is 3. The van der Waals surface area contributed by atoms with Gasteiger partial charge in [0.1, 0.15) is 11.0 Å². The SMILES string of the molecule is Cc1cc(C)n2nc(C)c(C(=O)NCC(C)(C(=O)O)c3ccccc3)c2n1. The van der Waals surface area contributed by atoms with Gasteiger partial charge in [0.15, 0.2) is 5.65 Å². The molecule has 1 aromatic carbocycles. The predicted octanol–water partition coefficient (Wildman–Crippen LogP) is 2.43. The molecular weight excluding hydrogens is 344 g/mol. The van der Waals surface area contributed by atoms with E-state index in [1.54, 1.807) is 42.6 Å². The van der Waals surface area contributed by atoms with Gasteiger partial charge in [-0.2, -0.15) is 5.10 Å². The van der Waals surface area contributed by atoms with E-state index in [9.17, 15) is 14.7 Å². The Bertz CT molecular complexity index is 1030. The molecule has 2 aromatic heterocycles. The molecule has 27 heavy (non-hydrogen) atoms. The lowest BCUT2D eigenvalue weighted by atomic mass is 9.82. The maximum atomic E-state index is 12.9. The van der Waals surface area contributed by atoms with E-state index in [4.69, 9.17) is 0 Å². The van der Waals surface area contributed by atoms with Crippen molar-refractivity contribution >= 4 is 17.5 Å². The number of fused-ring (bicyclic) bond motifs is 1. The number of carboxylic acids is 1. The van der Waals surface area contributed by atoms with Crippen molar-refractivity contribution in [1.29, 1.82) is 0 Å². The maximum absolute atomic E-state index is 12.9. The van der Waals surface area contributed by atoms with Gasteiger partial charge in [0.05, 0.1) is 5.69 Å². The number of rotatable bonds is 5. The van der Waals surface area contributed by atoms with E-state index in [1.807, 2.05) is 26.0 Å². The van der Waals surface area contributed by atoms with Gasteiger partial charge in [-0.15, -0.1) is 0 Å². The Kier molecular flexibility index (Phi) is 4.70. The zero-order valence-electron chi connectivity index (χ0n) is 15.8. The molecular formula is C20H22N4O3. The third-order valence-electron chi connectivity index (χ3n) is 4.78. The van der Waals surface area contributed by atoms with Gasteiger partial charge in [-0.3, -0.25) is 9.59 Å². The molecule has 0 radical (unpaired) electrons. The van der Waals surface area contributed by atoms with Crippen LogP contribution in [-0.2, 0) is 10.2 Å². The lowest BCUT2D eigenvalue weighted by molar-refractivity contribution is -0.142. The number of carbonyl (C=O) groups excluding carboxylic acids is 1. The lowest BCUT2D eigenvalue weighted by Gasteiger charge is -2.25. The summed E-state index contributed by atoms with van der Waals surface area (Å²) < 4.78 is 1.63. The molecule has 0 spiro atoms. The van der Waals surface area contributed by atoms with E-state index in [1.165, 1.54) is 0 Å². The summed E-state index contributed by atoms with van der Waals surface area (Å²) in [5.41, 5.74) is 2.42. The monoisotopic (exact) mass is 366 g/mol. The molecule has 1 unspecified atom stereocenters. The summed E-state index contributed by atoms with van der Waals surface area (Å²) in [6.07, 6.45) is 0. The average molecular weight is 366 g/mol. The molecule has 0 saturated carbocycles. The highest BCUT2D eigenvalue weighted by Crippen LogP contribution is 2.24. The molecule has 0 fully saturated rings. The molecule has 1 amide bonds. The second-order valence-corrected chi connectivity index (χ2v) is 6.92. The quantitative estimate of drug-likeness (QED) is 0.723. The first-order valence-corrected chi connectivity index (χ1v) is 8.65. The van der Waals surface area contributed by atoms with Gasteiger partial charge in [-0.25, -0.2) is 9.50 Å². The third-order valence-corrected chi connectivity index (χ3v) is 4.78. The minimum absolute atomic E-state index is 0.0489. The summed E-state index contributed by atoms with van der Waals surface area (Å²) in [5, 5.41) is 16.9. The molecule has 2 N–H and O–H groups in total. The first kappa shape index (κ1) is 18.6. The van der Waals surface area contributed by atoms with Crippen LogP contribution in [0.4, 0.5) is 0 Å². The summed E-state index contributed by atoms with van der Waals surface area (Å²) in [5.74, 6) is -1.39. The smallest absolute Gasteiger partial charge is 0.315 e. The van der Waals surface area contributed by atoms with Crippen molar-refractivity contribution < 1.29 is 14.7 Å². The van der Waals surface area contributed by atoms with Gasteiger partial charge in [-0.1, -0.05) is 30.3 Å². The lowest BCUT2D eigenvalue weighted by Crippen LogP contribution is -2.44. The Morgan fingerprint density at radius 3 is 2.48 bits per heavy atom. The van der Waals surface area contributed by atoms with Crippen molar-refractivity contribution in [3.05, 3.63) is 64.6 Å². The summed E-state index contributed by atoms with van der Waals surface area (Å²) in [7, 11) is 0. The van der Waals surface area contributed by atoms with Crippen LogP contribution in [0.25, 0.3) is 5.65 Å². The Balaban J connectivity index is 1.93. The summed E-state index contributed by atoms with van der Waals surface area (Å²) >= 11 is 0. The van der Waals surface area contributed by atoms with E-state index in [-0.39, 0.29) is 12.5 Å². The molecule has 7 heteroatoms. The molecule has 2 heterocycles. The van der Waals surface area contributed by atoms with E-state index >= 15 is 0 Å². The van der Waals surface area contributed by atoms with Crippen LogP contribution in [0.2, 0.25) is 0 Å². The van der Waals surface area contributed by atoms with Gasteiger partial charge in [0.25, 0.3) is 5.91 Å². The standard InChI is InChI=1S/C20H22N4O3/c1-12-10-13(2)24-17(22-12)16(14(3)23-24)18(25)21-11-20(4,19(26)27)15-8-6-5-7-9-15/h5-10H,11H2,1-4H3,(H,21,25)(H,26,27). The van der Waals surface area contributed by atoms with Crippen LogP contribution in [-0.4, -0.2) is 38.1 Å². The van der Waals surface area contributed by atoms with Crippen molar-refractivity contribution in [3.8, 4) is 0 Å². The molecule has 3 rings (SSSR count). The molecule has 0 aliphatic rings. The van der Waals surface area contributed by atoms with E-state index in [2.05, 4.69) is 15.4 Å². The average Bonchev–Trinajstić information content (AvgIpc) is 2.96. The highest BCUT2D eigenvalue weighted by Gasteiger charge is 2.36. The normalized spacial score (nSPS) is 13.3. The number of amides is 1. The fourth-order valence-corrected chi connectivity index (χ4v) is 3.15. The van der Waals surface area contributed by atoms with Crippen molar-refractivity contribution in [2.45, 2.75) is 33.1 Å². The Labute approximate surface area is 157 Å². The molecule has 0 aliphatic carbocycles. The third kappa shape index (κ3) is 3.28. The minimum atomic E-state index is -1.24. The fourth-order valence-electron chi connectivity index (χ4n) is 3.15. The number of hydrogen-bond donors (Lipinski definition) is 2. The number of hydrogen-bond acceptors (Lipinski definition) is 4. The largest absolute Gasteiger partial charge is 0.481 e. The summed E-state index contributed by atoms with van der Waals surface area (Å²) in [6.45, 7) is 7.04. The first-order chi connectivity index (χ1) is 12.7. The maximum Gasteiger partial charge on any atom is 0.315 e. The number of benzene rings is 1. The predicted molar refractivity (Wildman–Crippen MR) is 101 cm³/mol. The van der Waals surface area contributed by atoms with Crippen LogP contribution in [0.1, 0.15) is 39.9 Å². The fraction of sp³-hybridized carbons (Fsp3) is 0.300. The van der Waals surface area contributed by atoms with Crippen LogP contribution in [0.5, 0.6) is 0 Å². The van der Waals surface area contributed by atoms with Crippen molar-refractivity contribution in [2.75, 3.05) is 6.54 Å². The molecule has 3 aromatic rings. The Hall–Kier alpha value is -3.22. The van der Waals surface area contributed by atoms with E-state index in [0.717, 1.165) is 11.4 Å². The highest BCUT2D eigenvalue weighted by atomic mass is 16.4. The van der Waals surface area contributed by atoms with Gasteiger partial charge in [0.2, 0.25) is 0 Å². The summed E-state index contributed by atoms with van der Waals surface area (Å²) in [6, 6.07) is 10.8. The second kappa shape index (κ2) is 6.83. The highest BCUT2D eigenvalue weighted by molar-refractivity contribution is 6.01. The Morgan fingerprint density at radius 1 is 1.19 bits per heavy atom. The van der Waals surface area contributed by atoms with Crippen LogP contribution in [0.3, 0.4) is 0 Å². The number of carboxylic acid groups (broad SMARTS) is 1. The Morgan fingerprint density at radius 2 is 1.85 bits per heavy atom. The van der Waals surface area contributed by atoms with Gasteiger partial charge in [0, 0.05) is 17.9 Å². The molecule has 0 bridgehead atoms. The number of carbonyl (C=O) groups is 2. The van der Waals surface area contributed by atoms with Crippen molar-refractivity contribution in [3.63, 3.8) is 0 Å². The van der Waals surface area contributed by atoms with Gasteiger partial charge >= 0.3 is 5.97 Å². The van der Waals surface area contributed by atoms with E-state index < -0.39 is 11.4 Å². The molecule has 7 nitrogen and oxygen atoms in total. The van der Waals surface area contributed by atoms with Crippen LogP contribution >= 0.6 is 0 Å². The number of nitrogens with one attached hydrogen (secondary N) is 1. The molecule has 0 aliphatic heterocycles. The molecule has 140 valence electrons. The summed E-state index contributed by atoms with van der Waals surface area (Å²) in [4.78, 5) is 29.2. The van der Waals surface area contributed by atoms with Crippen LogP contribution in [0.15, 0.2) is 36.4 Å². The van der Waals surface area contributed by atoms with Gasteiger partial charge in [-0.05, 0) is 39.3 Å². The number of aryl methyl sites for hydroxylation is 3. The van der Waals surface area contributed by atoms with Gasteiger partial charge < -0.3 is 10.4 Å². The zero-order chi connectivity index (χ0) is 19.8. The van der Waals surface area contributed by atoms with Crippen LogP contribution < -0.4 is 5.32 Å². The van der Waals surface area contributed by atoms with Crippen molar-refractivity contribution in [1.82, 2.24) is 19.9 Å². The minimum Gasteiger partial charge on any atom is -0.481 e. The topological polar surface area (TPSA) is 96.6 Å². The van der Waals surface area contributed by atoms with Crippen molar-refractivity contribution in [2.24, 2.45) is 0 Å². The molecule has 0 saturated heterocycles. The number of aliphatic carboxylic acids is 1.